The molecule has 5 atom stereocenters. The van der Waals surface area contributed by atoms with Crippen LogP contribution in [0.4, 0.5) is 0 Å². The summed E-state index contributed by atoms with van der Waals surface area (Å²) in [4.78, 5) is 27.0. The van der Waals surface area contributed by atoms with Gasteiger partial charge in [-0.25, -0.2) is 0 Å². The van der Waals surface area contributed by atoms with Gasteiger partial charge in [0.2, 0.25) is 5.91 Å². The molecule has 0 aliphatic carbocycles. The molecule has 116 valence electrons. The van der Waals surface area contributed by atoms with Crippen molar-refractivity contribution in [1.82, 2.24) is 4.90 Å². The van der Waals surface area contributed by atoms with Gasteiger partial charge in [0.1, 0.15) is 11.5 Å². The van der Waals surface area contributed by atoms with Gasteiger partial charge in [-0.1, -0.05) is 19.1 Å². The largest absolute Gasteiger partial charge is 0.463 e. The predicted molar refractivity (Wildman–Crippen MR) is 76.4 cm³/mol. The number of amides is 1. The lowest BCUT2D eigenvalue weighted by molar-refractivity contribution is -0.157. The molecule has 2 saturated heterocycles. The number of ether oxygens (including phenoxy) is 2. The minimum atomic E-state index is -0.619. The zero-order valence-electron chi connectivity index (χ0n) is 13.0. The van der Waals surface area contributed by atoms with Crippen LogP contribution >= 0.6 is 0 Å². The second-order valence-corrected chi connectivity index (χ2v) is 6.61. The SMILES string of the molecule is CC[C@H](C)N1C[C@@]23C=C[C@H](O2)[C@H](C(=O)OC(C)C)[C@H]3C1=O. The maximum absolute atomic E-state index is 12.8. The van der Waals surface area contributed by atoms with Gasteiger partial charge in [-0.05, 0) is 27.2 Å². The van der Waals surface area contributed by atoms with Crippen LogP contribution in [0.1, 0.15) is 34.1 Å². The van der Waals surface area contributed by atoms with Crippen LogP contribution in [-0.2, 0) is 19.1 Å². The summed E-state index contributed by atoms with van der Waals surface area (Å²) in [6.45, 7) is 8.28. The Hall–Kier alpha value is -1.36. The quantitative estimate of drug-likeness (QED) is 0.582. The van der Waals surface area contributed by atoms with Crippen LogP contribution in [-0.4, -0.2) is 47.2 Å². The Kier molecular flexibility index (Phi) is 3.35. The third-order valence-electron chi connectivity index (χ3n) is 4.88. The van der Waals surface area contributed by atoms with Crippen molar-refractivity contribution >= 4 is 11.9 Å². The van der Waals surface area contributed by atoms with Gasteiger partial charge in [-0.2, -0.15) is 0 Å². The first-order valence-corrected chi connectivity index (χ1v) is 7.77. The number of nitrogens with zero attached hydrogens (tertiary/aromatic N) is 1. The summed E-state index contributed by atoms with van der Waals surface area (Å²) in [5, 5.41) is 0. The van der Waals surface area contributed by atoms with E-state index in [1.54, 1.807) is 0 Å². The van der Waals surface area contributed by atoms with Crippen LogP contribution in [0.3, 0.4) is 0 Å². The molecule has 0 N–H and O–H groups in total. The van der Waals surface area contributed by atoms with Gasteiger partial charge in [0, 0.05) is 6.04 Å². The van der Waals surface area contributed by atoms with Crippen LogP contribution in [0.2, 0.25) is 0 Å². The third-order valence-corrected chi connectivity index (χ3v) is 4.88. The molecule has 5 nitrogen and oxygen atoms in total. The van der Waals surface area contributed by atoms with Crippen molar-refractivity contribution in [2.45, 2.75) is 58.0 Å². The van der Waals surface area contributed by atoms with Crippen molar-refractivity contribution in [3.8, 4) is 0 Å². The molecular formula is C16H23NO4. The van der Waals surface area contributed by atoms with Crippen molar-refractivity contribution in [3.63, 3.8) is 0 Å². The average Bonchev–Trinajstić information content (AvgIpc) is 3.05. The van der Waals surface area contributed by atoms with Gasteiger partial charge >= 0.3 is 5.97 Å². The Morgan fingerprint density at radius 3 is 2.86 bits per heavy atom. The molecule has 1 spiro atoms. The van der Waals surface area contributed by atoms with Gasteiger partial charge in [-0.15, -0.1) is 0 Å². The summed E-state index contributed by atoms with van der Waals surface area (Å²) in [7, 11) is 0. The van der Waals surface area contributed by atoms with Gasteiger partial charge in [0.05, 0.1) is 24.7 Å². The first kappa shape index (κ1) is 14.6. The highest BCUT2D eigenvalue weighted by Crippen LogP contribution is 2.52. The normalized spacial score (nSPS) is 38.2. The second-order valence-electron chi connectivity index (χ2n) is 6.61. The maximum Gasteiger partial charge on any atom is 0.313 e. The molecule has 2 bridgehead atoms. The van der Waals surface area contributed by atoms with Crippen molar-refractivity contribution in [2.24, 2.45) is 11.8 Å². The number of rotatable bonds is 4. The van der Waals surface area contributed by atoms with Crippen LogP contribution in [0, 0.1) is 11.8 Å². The minimum absolute atomic E-state index is 0.0295. The Balaban J connectivity index is 1.88. The monoisotopic (exact) mass is 293 g/mol. The molecule has 0 aromatic heterocycles. The van der Waals surface area contributed by atoms with E-state index in [0.717, 1.165) is 6.42 Å². The van der Waals surface area contributed by atoms with Gasteiger partial charge in [0.15, 0.2) is 0 Å². The Morgan fingerprint density at radius 1 is 1.52 bits per heavy atom. The molecule has 0 unspecified atom stereocenters. The number of carbonyl (C=O) groups excluding carboxylic acids is 2. The maximum atomic E-state index is 12.8. The molecule has 3 rings (SSSR count). The lowest BCUT2D eigenvalue weighted by Crippen LogP contribution is -2.41. The molecule has 5 heteroatoms. The molecule has 2 fully saturated rings. The van der Waals surface area contributed by atoms with Crippen LogP contribution in [0.5, 0.6) is 0 Å². The molecule has 1 amide bonds. The van der Waals surface area contributed by atoms with Crippen LogP contribution in [0.15, 0.2) is 12.2 Å². The second kappa shape index (κ2) is 4.83. The molecular weight excluding hydrogens is 270 g/mol. The van der Waals surface area contributed by atoms with Crippen molar-refractivity contribution in [2.75, 3.05) is 6.54 Å². The summed E-state index contributed by atoms with van der Waals surface area (Å²) in [5.74, 6) is -1.21. The first-order valence-electron chi connectivity index (χ1n) is 7.77. The van der Waals surface area contributed by atoms with Gasteiger partial charge in [-0.3, -0.25) is 9.59 Å². The zero-order valence-corrected chi connectivity index (χ0v) is 13.0. The fourth-order valence-corrected chi connectivity index (χ4v) is 3.70. The number of likely N-dealkylation sites (tertiary alicyclic amines) is 1. The van der Waals surface area contributed by atoms with Crippen molar-refractivity contribution < 1.29 is 19.1 Å². The van der Waals surface area contributed by atoms with E-state index >= 15 is 0 Å². The zero-order chi connectivity index (χ0) is 15.4. The summed E-state index contributed by atoms with van der Waals surface area (Å²) < 4.78 is 11.4. The summed E-state index contributed by atoms with van der Waals surface area (Å²) in [6.07, 6.45) is 4.28. The Labute approximate surface area is 125 Å². The van der Waals surface area contributed by atoms with E-state index in [-0.39, 0.29) is 30.1 Å². The van der Waals surface area contributed by atoms with E-state index in [0.29, 0.717) is 6.54 Å². The number of carbonyl (C=O) groups is 2. The van der Waals surface area contributed by atoms with Crippen molar-refractivity contribution in [3.05, 3.63) is 12.2 Å². The highest BCUT2D eigenvalue weighted by Gasteiger charge is 2.67. The lowest BCUT2D eigenvalue weighted by Gasteiger charge is -2.26. The van der Waals surface area contributed by atoms with E-state index in [1.807, 2.05) is 37.8 Å². The van der Waals surface area contributed by atoms with E-state index in [4.69, 9.17) is 9.47 Å². The smallest absolute Gasteiger partial charge is 0.313 e. The molecule has 0 aromatic rings. The van der Waals surface area contributed by atoms with Crippen LogP contribution in [0.25, 0.3) is 0 Å². The third kappa shape index (κ3) is 2.01. The lowest BCUT2D eigenvalue weighted by atomic mass is 9.77. The summed E-state index contributed by atoms with van der Waals surface area (Å²) in [5.41, 5.74) is -0.619. The van der Waals surface area contributed by atoms with Crippen molar-refractivity contribution in [1.29, 1.82) is 0 Å². The van der Waals surface area contributed by atoms with Crippen LogP contribution < -0.4 is 0 Å². The standard InChI is InChI=1S/C16H23NO4/c1-5-10(4)17-8-16-7-6-11(21-16)12(13(16)14(17)18)15(19)20-9(2)3/h6-7,9-13H,5,8H2,1-4H3/t10-,11-,12-,13-,16+/m0/s1. The fraction of sp³-hybridized carbons (Fsp3) is 0.750. The first-order chi connectivity index (χ1) is 9.89. The summed E-state index contributed by atoms with van der Waals surface area (Å²) in [6, 6.07) is 0.162. The number of hydrogen-bond donors (Lipinski definition) is 0. The number of fused-ring (bicyclic) bond motifs is 1. The highest BCUT2D eigenvalue weighted by molar-refractivity contribution is 5.91. The number of hydrogen-bond acceptors (Lipinski definition) is 4. The van der Waals surface area contributed by atoms with Gasteiger partial charge < -0.3 is 14.4 Å². The van der Waals surface area contributed by atoms with E-state index < -0.39 is 17.4 Å². The van der Waals surface area contributed by atoms with E-state index in [9.17, 15) is 9.59 Å². The fourth-order valence-electron chi connectivity index (χ4n) is 3.70. The number of esters is 1. The molecule has 3 aliphatic rings. The van der Waals surface area contributed by atoms with Gasteiger partial charge in [0.25, 0.3) is 0 Å². The average molecular weight is 293 g/mol. The van der Waals surface area contributed by atoms with E-state index in [1.165, 1.54) is 0 Å². The molecule has 0 saturated carbocycles. The summed E-state index contributed by atoms with van der Waals surface area (Å²) >= 11 is 0. The highest BCUT2D eigenvalue weighted by atomic mass is 16.6. The molecule has 21 heavy (non-hydrogen) atoms. The topological polar surface area (TPSA) is 55.8 Å². The minimum Gasteiger partial charge on any atom is -0.463 e. The van der Waals surface area contributed by atoms with E-state index in [2.05, 4.69) is 6.92 Å². The Bertz CT molecular complexity index is 501. The molecule has 0 radical (unpaired) electrons. The Morgan fingerprint density at radius 2 is 2.24 bits per heavy atom. The predicted octanol–water partition coefficient (Wildman–Crippen LogP) is 1.52. The molecule has 3 heterocycles. The molecule has 3 aliphatic heterocycles. The molecule has 0 aromatic carbocycles.